The minimum Gasteiger partial charge on any atom is -0.364 e. The molecule has 0 spiro atoms. The van der Waals surface area contributed by atoms with Crippen molar-refractivity contribution in [2.24, 2.45) is 5.73 Å². The van der Waals surface area contributed by atoms with Crippen LogP contribution in [0.4, 0.5) is 0 Å². The highest BCUT2D eigenvalue weighted by atomic mass is 35.5. The number of rotatable bonds is 6. The number of carbonyl (C=O) groups is 1. The van der Waals surface area contributed by atoms with E-state index in [-0.39, 0.29) is 11.8 Å². The maximum Gasteiger partial charge on any atom is 0.268 e. The van der Waals surface area contributed by atoms with E-state index in [1.807, 2.05) is 18.2 Å². The Kier molecular flexibility index (Phi) is 5.86. The fourth-order valence-corrected chi connectivity index (χ4v) is 4.40. The van der Waals surface area contributed by atoms with Gasteiger partial charge in [-0.1, -0.05) is 30.2 Å². The van der Waals surface area contributed by atoms with E-state index in [0.717, 1.165) is 29.8 Å². The maximum absolute atomic E-state index is 11.6. The number of nitrogens with one attached hydrogen (secondary N) is 3. The molecule has 7 heteroatoms. The second-order valence-electron chi connectivity index (χ2n) is 6.43. The molecule has 1 aromatic heterocycles. The Labute approximate surface area is 161 Å². The van der Waals surface area contributed by atoms with Crippen molar-refractivity contribution in [3.8, 4) is 10.4 Å². The molecule has 1 fully saturated rings. The number of primary amides is 1. The molecule has 26 heavy (non-hydrogen) atoms. The van der Waals surface area contributed by atoms with Gasteiger partial charge in [0.15, 0.2) is 0 Å². The summed E-state index contributed by atoms with van der Waals surface area (Å²) in [7, 11) is 0. The van der Waals surface area contributed by atoms with Crippen LogP contribution in [0.25, 0.3) is 10.4 Å². The van der Waals surface area contributed by atoms with Crippen molar-refractivity contribution >= 4 is 40.3 Å². The smallest absolute Gasteiger partial charge is 0.268 e. The Morgan fingerprint density at radius 3 is 2.62 bits per heavy atom. The predicted octanol–water partition coefficient (Wildman–Crippen LogP) is 3.82. The van der Waals surface area contributed by atoms with Gasteiger partial charge in [-0.2, -0.15) is 0 Å². The molecule has 2 aromatic rings. The third kappa shape index (κ3) is 4.20. The fourth-order valence-electron chi connectivity index (χ4n) is 3.12. The van der Waals surface area contributed by atoms with Gasteiger partial charge in [-0.15, -0.1) is 11.3 Å². The Morgan fingerprint density at radius 2 is 2.00 bits per heavy atom. The van der Waals surface area contributed by atoms with Gasteiger partial charge in [0, 0.05) is 33.6 Å². The summed E-state index contributed by atoms with van der Waals surface area (Å²) in [5.41, 5.74) is 7.08. The normalized spacial score (nSPS) is 17.0. The van der Waals surface area contributed by atoms with Crippen LogP contribution in [0.3, 0.4) is 0 Å². The first kappa shape index (κ1) is 18.8. The highest BCUT2D eigenvalue weighted by molar-refractivity contribution is 7.18. The van der Waals surface area contributed by atoms with Crippen LogP contribution in [0.1, 0.15) is 36.1 Å². The zero-order valence-corrected chi connectivity index (χ0v) is 15.8. The molecule has 0 aliphatic carbocycles. The molecule has 136 valence electrons. The van der Waals surface area contributed by atoms with Crippen molar-refractivity contribution < 1.29 is 4.79 Å². The Balaban J connectivity index is 1.93. The largest absolute Gasteiger partial charge is 0.364 e. The second kappa shape index (κ2) is 8.12. The lowest BCUT2D eigenvalue weighted by atomic mass is 9.95. The van der Waals surface area contributed by atoms with Crippen LogP contribution in [0.2, 0.25) is 5.02 Å². The van der Waals surface area contributed by atoms with Gasteiger partial charge in [0.2, 0.25) is 0 Å². The molecule has 3 rings (SSSR count). The van der Waals surface area contributed by atoms with Crippen molar-refractivity contribution in [1.29, 1.82) is 10.8 Å². The number of amides is 1. The van der Waals surface area contributed by atoms with Crippen molar-refractivity contribution in [1.82, 2.24) is 5.32 Å². The standard InChI is InChI=1S/C19H21ClN4OS/c20-12-6-4-11(5-7-12)16-10-14(18(26-16)17(22)19(23)25)15(21)9-13-3-1-2-8-24-13/h4-7,10,13,21-22,24H,1-3,8-9H2,(H2,23,25). The molecule has 1 saturated heterocycles. The van der Waals surface area contributed by atoms with Gasteiger partial charge < -0.3 is 16.5 Å². The molecule has 5 nitrogen and oxygen atoms in total. The van der Waals surface area contributed by atoms with Crippen molar-refractivity contribution in [3.05, 3.63) is 45.8 Å². The molecule has 2 heterocycles. The van der Waals surface area contributed by atoms with E-state index in [1.54, 1.807) is 12.1 Å². The van der Waals surface area contributed by atoms with Crippen LogP contribution in [0.15, 0.2) is 30.3 Å². The van der Waals surface area contributed by atoms with E-state index in [9.17, 15) is 4.79 Å². The van der Waals surface area contributed by atoms with Crippen LogP contribution < -0.4 is 11.1 Å². The third-order valence-corrected chi connectivity index (χ3v) is 5.98. The van der Waals surface area contributed by atoms with E-state index < -0.39 is 5.91 Å². The summed E-state index contributed by atoms with van der Waals surface area (Å²) in [4.78, 5) is 12.9. The van der Waals surface area contributed by atoms with Crippen molar-refractivity contribution in [2.45, 2.75) is 31.7 Å². The number of thiophene rings is 1. The number of hydrogen-bond acceptors (Lipinski definition) is 5. The summed E-state index contributed by atoms with van der Waals surface area (Å²) in [6.07, 6.45) is 3.95. The molecule has 0 saturated carbocycles. The Hall–Kier alpha value is -2.02. The van der Waals surface area contributed by atoms with Gasteiger partial charge in [-0.05, 0) is 43.1 Å². The monoisotopic (exact) mass is 388 g/mol. The van der Waals surface area contributed by atoms with E-state index >= 15 is 0 Å². The highest BCUT2D eigenvalue weighted by Crippen LogP contribution is 2.33. The summed E-state index contributed by atoms with van der Waals surface area (Å²) in [6, 6.07) is 9.53. The first-order valence-electron chi connectivity index (χ1n) is 8.55. The molecular weight excluding hydrogens is 368 g/mol. The summed E-state index contributed by atoms with van der Waals surface area (Å²) in [5, 5.41) is 20.7. The van der Waals surface area contributed by atoms with Gasteiger partial charge in [0.1, 0.15) is 5.71 Å². The molecule has 1 aromatic carbocycles. The summed E-state index contributed by atoms with van der Waals surface area (Å²) in [6.45, 7) is 0.974. The topological polar surface area (TPSA) is 103 Å². The van der Waals surface area contributed by atoms with E-state index in [0.29, 0.717) is 27.6 Å². The molecule has 1 unspecified atom stereocenters. The minimum absolute atomic E-state index is 0.244. The first-order chi connectivity index (χ1) is 12.5. The summed E-state index contributed by atoms with van der Waals surface area (Å²) in [5.74, 6) is -0.778. The average Bonchev–Trinajstić information content (AvgIpc) is 3.08. The molecule has 0 radical (unpaired) electrons. The van der Waals surface area contributed by atoms with Gasteiger partial charge in [-0.3, -0.25) is 10.2 Å². The molecular formula is C19H21ClN4OS. The number of hydrogen-bond donors (Lipinski definition) is 4. The van der Waals surface area contributed by atoms with Gasteiger partial charge >= 0.3 is 0 Å². The molecule has 5 N–H and O–H groups in total. The van der Waals surface area contributed by atoms with Gasteiger partial charge in [0.05, 0.1) is 4.88 Å². The molecule has 1 aliphatic heterocycles. The van der Waals surface area contributed by atoms with Crippen molar-refractivity contribution in [3.63, 3.8) is 0 Å². The van der Waals surface area contributed by atoms with Crippen molar-refractivity contribution in [2.75, 3.05) is 6.54 Å². The average molecular weight is 389 g/mol. The third-order valence-electron chi connectivity index (χ3n) is 4.52. The van der Waals surface area contributed by atoms with Crippen LogP contribution in [-0.4, -0.2) is 29.9 Å². The van der Waals surface area contributed by atoms with Crippen LogP contribution in [-0.2, 0) is 4.79 Å². The quantitative estimate of drug-likeness (QED) is 0.565. The van der Waals surface area contributed by atoms with Crippen LogP contribution in [0.5, 0.6) is 0 Å². The predicted molar refractivity (Wildman–Crippen MR) is 108 cm³/mol. The van der Waals surface area contributed by atoms with E-state index in [4.69, 9.17) is 28.2 Å². The van der Waals surface area contributed by atoms with Gasteiger partial charge in [0.25, 0.3) is 5.91 Å². The fraction of sp³-hybridized carbons (Fsp3) is 0.316. The van der Waals surface area contributed by atoms with Crippen LogP contribution in [0, 0.1) is 10.8 Å². The highest BCUT2D eigenvalue weighted by Gasteiger charge is 2.23. The first-order valence-corrected chi connectivity index (χ1v) is 9.75. The number of carbonyl (C=O) groups excluding carboxylic acids is 1. The number of nitrogens with two attached hydrogens (primary N) is 1. The Bertz CT molecular complexity index is 838. The molecule has 0 bridgehead atoms. The van der Waals surface area contributed by atoms with Gasteiger partial charge in [-0.25, -0.2) is 0 Å². The lowest BCUT2D eigenvalue weighted by Crippen LogP contribution is -2.36. The van der Waals surface area contributed by atoms with Crippen LogP contribution >= 0.6 is 22.9 Å². The molecule has 1 atom stereocenters. The van der Waals surface area contributed by atoms with E-state index in [2.05, 4.69) is 5.32 Å². The number of piperidine rings is 1. The summed E-state index contributed by atoms with van der Waals surface area (Å²) < 4.78 is 0. The lowest BCUT2D eigenvalue weighted by molar-refractivity contribution is -0.112. The number of halogens is 1. The zero-order chi connectivity index (χ0) is 18.7. The lowest BCUT2D eigenvalue weighted by Gasteiger charge is -2.23. The van der Waals surface area contributed by atoms with E-state index in [1.165, 1.54) is 17.8 Å². The minimum atomic E-state index is -0.778. The zero-order valence-electron chi connectivity index (χ0n) is 14.3. The molecule has 1 aliphatic rings. The second-order valence-corrected chi connectivity index (χ2v) is 7.92. The number of benzene rings is 1. The maximum atomic E-state index is 11.6. The summed E-state index contributed by atoms with van der Waals surface area (Å²) >= 11 is 7.27. The SMILES string of the molecule is N=C(CC1CCCCN1)c1cc(-c2ccc(Cl)cc2)sc1C(=N)C(N)=O. The molecule has 1 amide bonds. The Morgan fingerprint density at radius 1 is 1.27 bits per heavy atom.